The first-order valence-electron chi connectivity index (χ1n) is 25.9. The Balaban J connectivity index is 1.94. The number of nitrogens with one attached hydrogen (secondary N) is 1. The molecule has 2 N–H and O–H groups in total. The van der Waals surface area contributed by atoms with Crippen molar-refractivity contribution in [2.45, 2.75) is 302 Å². The molecule has 1 unspecified atom stereocenters. The SMILES string of the molecule is CCCCCCCCCCCCCC(=O)O[C@H](CCCCCCCCCCC)CC(=O)N[C@H]1C(O)O[C@@H]2COC(C)(C)O[C@H]2[C@@H]1OC(=O)CCCCCCCCCCCCC. The standard InChI is InChI=1S/C51H95NO9/c1-6-9-12-15-18-21-23-26-29-32-35-38-45(54)58-42(37-34-31-28-25-20-17-14-11-8-3)40-44(53)52-47-49(48-43(59-50(47)56)41-57-51(4,5)61-48)60-46(55)39-36-33-30-27-24-22-19-16-13-10-7-2/h42-43,47-50,56H,6-41H2,1-5H3,(H,52,53)/t42-,43-,47-,48-,49-,50?/m1/s1. The zero-order valence-corrected chi connectivity index (χ0v) is 40.1. The van der Waals surface area contributed by atoms with Crippen LogP contribution < -0.4 is 5.32 Å². The van der Waals surface area contributed by atoms with Gasteiger partial charge in [0, 0.05) is 12.8 Å². The summed E-state index contributed by atoms with van der Waals surface area (Å²) in [4.78, 5) is 40.2. The summed E-state index contributed by atoms with van der Waals surface area (Å²) in [6.45, 7) is 10.4. The third-order valence-electron chi connectivity index (χ3n) is 12.6. The van der Waals surface area contributed by atoms with Crippen molar-refractivity contribution < 1.29 is 43.2 Å². The number of aliphatic hydroxyl groups excluding tert-OH is 1. The Hall–Kier alpha value is -1.75. The van der Waals surface area contributed by atoms with Gasteiger partial charge in [-0.05, 0) is 39.5 Å². The van der Waals surface area contributed by atoms with Gasteiger partial charge in [0.1, 0.15) is 24.4 Å². The van der Waals surface area contributed by atoms with Crippen LogP contribution >= 0.6 is 0 Å². The third-order valence-corrected chi connectivity index (χ3v) is 12.6. The molecular weight excluding hydrogens is 771 g/mol. The van der Waals surface area contributed by atoms with Gasteiger partial charge < -0.3 is 34.1 Å². The highest BCUT2D eigenvalue weighted by Crippen LogP contribution is 2.34. The summed E-state index contributed by atoms with van der Waals surface area (Å²) in [6.07, 6.45) is 33.5. The number of amides is 1. The number of carbonyl (C=O) groups excluding carboxylic acids is 3. The van der Waals surface area contributed by atoms with Crippen LogP contribution in [0.3, 0.4) is 0 Å². The molecule has 0 saturated carbocycles. The van der Waals surface area contributed by atoms with Crippen LogP contribution in [0.15, 0.2) is 0 Å². The average Bonchev–Trinajstić information content (AvgIpc) is 3.22. The van der Waals surface area contributed by atoms with Crippen LogP contribution in [0, 0.1) is 0 Å². The number of fused-ring (bicyclic) bond motifs is 1. The molecule has 2 fully saturated rings. The second-order valence-electron chi connectivity index (χ2n) is 18.9. The van der Waals surface area contributed by atoms with E-state index < -0.39 is 48.4 Å². The first kappa shape index (κ1) is 55.4. The van der Waals surface area contributed by atoms with E-state index in [0.29, 0.717) is 19.3 Å². The van der Waals surface area contributed by atoms with Crippen molar-refractivity contribution in [2.24, 2.45) is 0 Å². The molecule has 10 nitrogen and oxygen atoms in total. The number of carbonyl (C=O) groups is 3. The van der Waals surface area contributed by atoms with Crippen molar-refractivity contribution in [3.05, 3.63) is 0 Å². The number of ether oxygens (including phenoxy) is 5. The molecule has 2 aliphatic heterocycles. The molecule has 2 rings (SSSR count). The van der Waals surface area contributed by atoms with E-state index in [1.807, 2.05) is 0 Å². The van der Waals surface area contributed by atoms with Gasteiger partial charge in [-0.3, -0.25) is 14.4 Å². The van der Waals surface area contributed by atoms with Crippen molar-refractivity contribution in [2.75, 3.05) is 6.61 Å². The molecule has 0 aromatic carbocycles. The highest BCUT2D eigenvalue weighted by molar-refractivity contribution is 5.78. The molecular formula is C51H95NO9. The number of hydrogen-bond donors (Lipinski definition) is 2. The summed E-state index contributed by atoms with van der Waals surface area (Å²) in [5.41, 5.74) is 0. The highest BCUT2D eigenvalue weighted by atomic mass is 16.7. The minimum atomic E-state index is -1.45. The zero-order chi connectivity index (χ0) is 44.4. The van der Waals surface area contributed by atoms with E-state index in [-0.39, 0.29) is 31.4 Å². The van der Waals surface area contributed by atoms with Gasteiger partial charge in [0.25, 0.3) is 0 Å². The molecule has 6 atom stereocenters. The quantitative estimate of drug-likeness (QED) is 0.0458. The summed E-state index contributed by atoms with van der Waals surface area (Å²) >= 11 is 0. The molecule has 61 heavy (non-hydrogen) atoms. The monoisotopic (exact) mass is 866 g/mol. The van der Waals surface area contributed by atoms with Crippen LogP contribution in [-0.4, -0.2) is 72.1 Å². The Morgan fingerprint density at radius 1 is 0.607 bits per heavy atom. The lowest BCUT2D eigenvalue weighted by Crippen LogP contribution is -2.69. The number of rotatable bonds is 39. The largest absolute Gasteiger partial charge is 0.462 e. The van der Waals surface area contributed by atoms with E-state index in [9.17, 15) is 19.5 Å². The van der Waals surface area contributed by atoms with Crippen LogP contribution in [0.25, 0.3) is 0 Å². The van der Waals surface area contributed by atoms with Crippen LogP contribution in [0.1, 0.15) is 259 Å². The molecule has 10 heteroatoms. The molecule has 0 radical (unpaired) electrons. The summed E-state index contributed by atoms with van der Waals surface area (Å²) in [6, 6.07) is -1.07. The van der Waals surface area contributed by atoms with Crippen LogP contribution in [-0.2, 0) is 38.1 Å². The van der Waals surface area contributed by atoms with E-state index in [0.717, 1.165) is 51.4 Å². The van der Waals surface area contributed by atoms with E-state index >= 15 is 0 Å². The lowest BCUT2D eigenvalue weighted by molar-refractivity contribution is -0.365. The van der Waals surface area contributed by atoms with Crippen molar-refractivity contribution in [3.8, 4) is 0 Å². The fourth-order valence-electron chi connectivity index (χ4n) is 8.79. The number of aliphatic hydroxyl groups is 1. The van der Waals surface area contributed by atoms with Crippen molar-refractivity contribution in [1.29, 1.82) is 0 Å². The van der Waals surface area contributed by atoms with Crippen LogP contribution in [0.5, 0.6) is 0 Å². The Labute approximate surface area is 373 Å². The molecule has 0 bridgehead atoms. The van der Waals surface area contributed by atoms with Gasteiger partial charge in [-0.1, -0.05) is 201 Å². The summed E-state index contributed by atoms with van der Waals surface area (Å²) in [5, 5.41) is 14.1. The van der Waals surface area contributed by atoms with Crippen LogP contribution in [0.4, 0.5) is 0 Å². The minimum absolute atomic E-state index is 0.0484. The van der Waals surface area contributed by atoms with Gasteiger partial charge in [0.05, 0.1) is 13.0 Å². The van der Waals surface area contributed by atoms with E-state index in [2.05, 4.69) is 26.1 Å². The fraction of sp³-hybridized carbons (Fsp3) is 0.941. The first-order valence-corrected chi connectivity index (χ1v) is 25.9. The lowest BCUT2D eigenvalue weighted by Gasteiger charge is -2.49. The number of unbranched alkanes of at least 4 members (excludes halogenated alkanes) is 28. The molecule has 0 spiro atoms. The lowest BCUT2D eigenvalue weighted by atomic mass is 9.94. The highest BCUT2D eigenvalue weighted by Gasteiger charge is 2.53. The van der Waals surface area contributed by atoms with Gasteiger partial charge in [0.15, 0.2) is 18.2 Å². The Morgan fingerprint density at radius 2 is 1.02 bits per heavy atom. The second-order valence-corrected chi connectivity index (χ2v) is 18.9. The van der Waals surface area contributed by atoms with Gasteiger partial charge in [-0.25, -0.2) is 0 Å². The van der Waals surface area contributed by atoms with Gasteiger partial charge in [-0.2, -0.15) is 0 Å². The van der Waals surface area contributed by atoms with E-state index in [1.54, 1.807) is 13.8 Å². The molecule has 2 aliphatic rings. The summed E-state index contributed by atoms with van der Waals surface area (Å²) in [5.74, 6) is -2.02. The van der Waals surface area contributed by atoms with Crippen molar-refractivity contribution >= 4 is 17.8 Å². The Morgan fingerprint density at radius 3 is 1.48 bits per heavy atom. The molecule has 358 valence electrons. The maximum Gasteiger partial charge on any atom is 0.306 e. The predicted molar refractivity (Wildman–Crippen MR) is 246 cm³/mol. The molecule has 2 heterocycles. The summed E-state index contributed by atoms with van der Waals surface area (Å²) < 4.78 is 30.0. The second kappa shape index (κ2) is 35.6. The Kier molecular flexibility index (Phi) is 32.3. The average molecular weight is 866 g/mol. The topological polar surface area (TPSA) is 130 Å². The van der Waals surface area contributed by atoms with Gasteiger partial charge >= 0.3 is 11.9 Å². The smallest absolute Gasteiger partial charge is 0.306 e. The van der Waals surface area contributed by atoms with Gasteiger partial charge in [0.2, 0.25) is 5.91 Å². The first-order chi connectivity index (χ1) is 29.6. The van der Waals surface area contributed by atoms with Crippen molar-refractivity contribution in [3.63, 3.8) is 0 Å². The maximum atomic E-state index is 13.8. The molecule has 0 aromatic rings. The number of esters is 2. The van der Waals surface area contributed by atoms with Crippen molar-refractivity contribution in [1.82, 2.24) is 5.32 Å². The normalized spacial score (nSPS) is 21.4. The zero-order valence-electron chi connectivity index (χ0n) is 40.1. The van der Waals surface area contributed by atoms with E-state index in [1.165, 1.54) is 141 Å². The number of hydrogen-bond acceptors (Lipinski definition) is 9. The summed E-state index contributed by atoms with van der Waals surface area (Å²) in [7, 11) is 0. The molecule has 2 saturated heterocycles. The molecule has 0 aromatic heterocycles. The maximum absolute atomic E-state index is 13.8. The minimum Gasteiger partial charge on any atom is -0.462 e. The van der Waals surface area contributed by atoms with Gasteiger partial charge in [-0.15, -0.1) is 0 Å². The molecule has 1 amide bonds. The third kappa shape index (κ3) is 27.2. The van der Waals surface area contributed by atoms with E-state index in [4.69, 9.17) is 23.7 Å². The fourth-order valence-corrected chi connectivity index (χ4v) is 8.79. The van der Waals surface area contributed by atoms with Crippen LogP contribution in [0.2, 0.25) is 0 Å². The Bertz CT molecular complexity index is 1100. The predicted octanol–water partition coefficient (Wildman–Crippen LogP) is 12.9. The molecule has 0 aliphatic carbocycles.